The summed E-state index contributed by atoms with van der Waals surface area (Å²) in [7, 11) is 0. The van der Waals surface area contributed by atoms with Crippen LogP contribution in [0, 0.1) is 0 Å². The van der Waals surface area contributed by atoms with E-state index >= 15 is 0 Å². The molecule has 0 saturated carbocycles. The van der Waals surface area contributed by atoms with Crippen LogP contribution in [0.3, 0.4) is 0 Å². The van der Waals surface area contributed by atoms with Crippen molar-refractivity contribution in [3.63, 3.8) is 0 Å². The fourth-order valence-electron chi connectivity index (χ4n) is 0.803. The minimum absolute atomic E-state index is 0.0614. The first-order chi connectivity index (χ1) is 6.59. The molecular formula is C9H10FNO3. The quantitative estimate of drug-likeness (QED) is 0.798. The minimum Gasteiger partial charge on any atom is -0.489 e. The smallest absolute Gasteiger partial charge is 0.354 e. The van der Waals surface area contributed by atoms with E-state index in [9.17, 15) is 9.18 Å². The van der Waals surface area contributed by atoms with E-state index in [-0.39, 0.29) is 12.3 Å². The monoisotopic (exact) mass is 199 g/mol. The average Bonchev–Trinajstić information content (AvgIpc) is 2.15. The first-order valence-corrected chi connectivity index (χ1v) is 4.06. The highest BCUT2D eigenvalue weighted by Crippen LogP contribution is 2.09. The van der Waals surface area contributed by atoms with Gasteiger partial charge in [0.2, 0.25) is 0 Å². The highest BCUT2D eigenvalue weighted by molar-refractivity contribution is 5.85. The maximum Gasteiger partial charge on any atom is 0.354 e. The summed E-state index contributed by atoms with van der Waals surface area (Å²) in [5.74, 6) is -0.741. The number of aromatic carboxylic acids is 1. The number of nitrogens with zero attached hydrogens (tertiary/aromatic N) is 1. The number of ether oxygens (including phenoxy) is 1. The van der Waals surface area contributed by atoms with Gasteiger partial charge in [0, 0.05) is 0 Å². The van der Waals surface area contributed by atoms with Gasteiger partial charge in [-0.3, -0.25) is 0 Å². The van der Waals surface area contributed by atoms with E-state index in [0.717, 1.165) is 0 Å². The van der Waals surface area contributed by atoms with Crippen molar-refractivity contribution in [1.82, 2.24) is 4.98 Å². The van der Waals surface area contributed by atoms with Crippen LogP contribution in [0.4, 0.5) is 4.39 Å². The molecule has 1 atom stereocenters. The number of carbonyl (C=O) groups is 1. The summed E-state index contributed by atoms with van der Waals surface area (Å²) < 4.78 is 17.3. The summed E-state index contributed by atoms with van der Waals surface area (Å²) in [6, 6.07) is 2.75. The van der Waals surface area contributed by atoms with Gasteiger partial charge in [0.05, 0.1) is 6.20 Å². The number of rotatable bonds is 4. The summed E-state index contributed by atoms with van der Waals surface area (Å²) in [5, 5.41) is 8.53. The van der Waals surface area contributed by atoms with Crippen LogP contribution in [-0.2, 0) is 0 Å². The maximum absolute atomic E-state index is 12.4. The summed E-state index contributed by atoms with van der Waals surface area (Å²) in [6.45, 7) is 1.31. The lowest BCUT2D eigenvalue weighted by Crippen LogP contribution is -2.09. The Morgan fingerprint density at radius 3 is 2.86 bits per heavy atom. The normalized spacial score (nSPS) is 12.1. The van der Waals surface area contributed by atoms with Crippen molar-refractivity contribution < 1.29 is 19.0 Å². The van der Waals surface area contributed by atoms with Gasteiger partial charge in [-0.2, -0.15) is 0 Å². The zero-order chi connectivity index (χ0) is 10.6. The van der Waals surface area contributed by atoms with E-state index in [1.165, 1.54) is 25.3 Å². The molecule has 76 valence electrons. The molecule has 0 spiro atoms. The Morgan fingerprint density at radius 2 is 2.43 bits per heavy atom. The van der Waals surface area contributed by atoms with E-state index in [0.29, 0.717) is 5.75 Å². The van der Waals surface area contributed by atoms with Gasteiger partial charge in [-0.15, -0.1) is 0 Å². The fourth-order valence-corrected chi connectivity index (χ4v) is 0.803. The number of carboxylic acid groups (broad SMARTS) is 1. The number of alkyl halides is 1. The highest BCUT2D eigenvalue weighted by atomic mass is 19.1. The summed E-state index contributed by atoms with van der Waals surface area (Å²) in [5.41, 5.74) is -0.0642. The molecule has 5 heteroatoms. The summed E-state index contributed by atoms with van der Waals surface area (Å²) in [6.07, 6.45) is 0.195. The lowest BCUT2D eigenvalue weighted by Gasteiger charge is -2.05. The van der Waals surface area contributed by atoms with Gasteiger partial charge in [0.15, 0.2) is 0 Å². The largest absolute Gasteiger partial charge is 0.489 e. The molecule has 0 amide bonds. The van der Waals surface area contributed by atoms with Crippen molar-refractivity contribution >= 4 is 5.97 Å². The number of hydrogen-bond acceptors (Lipinski definition) is 3. The molecule has 0 fully saturated rings. The van der Waals surface area contributed by atoms with Crippen molar-refractivity contribution in [1.29, 1.82) is 0 Å². The van der Waals surface area contributed by atoms with Gasteiger partial charge < -0.3 is 9.84 Å². The zero-order valence-electron chi connectivity index (χ0n) is 7.61. The number of hydrogen-bond donors (Lipinski definition) is 1. The summed E-state index contributed by atoms with van der Waals surface area (Å²) >= 11 is 0. The molecular weight excluding hydrogens is 189 g/mol. The SMILES string of the molecule is CC(F)COc1ccc(C(=O)O)nc1. The van der Waals surface area contributed by atoms with Crippen LogP contribution < -0.4 is 4.74 Å². The van der Waals surface area contributed by atoms with Crippen molar-refractivity contribution in [2.24, 2.45) is 0 Å². The molecule has 0 saturated heterocycles. The molecule has 1 heterocycles. The van der Waals surface area contributed by atoms with Crippen LogP contribution in [-0.4, -0.2) is 28.8 Å². The van der Waals surface area contributed by atoms with Gasteiger partial charge in [0.1, 0.15) is 24.2 Å². The summed E-state index contributed by atoms with van der Waals surface area (Å²) in [4.78, 5) is 14.0. The standard InChI is InChI=1S/C9H10FNO3/c1-6(10)5-14-7-2-3-8(9(12)13)11-4-7/h2-4,6H,5H2,1H3,(H,12,13). The molecule has 1 N–H and O–H groups in total. The zero-order valence-corrected chi connectivity index (χ0v) is 7.61. The molecule has 14 heavy (non-hydrogen) atoms. The lowest BCUT2D eigenvalue weighted by atomic mass is 10.3. The number of pyridine rings is 1. The second-order valence-electron chi connectivity index (χ2n) is 2.78. The number of aromatic nitrogens is 1. The van der Waals surface area contributed by atoms with Crippen molar-refractivity contribution in [2.75, 3.05) is 6.61 Å². The lowest BCUT2D eigenvalue weighted by molar-refractivity contribution is 0.0690. The van der Waals surface area contributed by atoms with Crippen molar-refractivity contribution in [3.8, 4) is 5.75 Å². The molecule has 1 aromatic heterocycles. The Hall–Kier alpha value is -1.65. The Balaban J connectivity index is 2.60. The molecule has 4 nitrogen and oxygen atoms in total. The second-order valence-corrected chi connectivity index (χ2v) is 2.78. The number of halogens is 1. The Morgan fingerprint density at radius 1 is 1.71 bits per heavy atom. The van der Waals surface area contributed by atoms with Gasteiger partial charge in [0.25, 0.3) is 0 Å². The minimum atomic E-state index is -1.10. The molecule has 1 rings (SSSR count). The first kappa shape index (κ1) is 10.4. The molecule has 0 radical (unpaired) electrons. The van der Waals surface area contributed by atoms with Crippen LogP contribution in [0.2, 0.25) is 0 Å². The van der Waals surface area contributed by atoms with E-state index in [1.807, 2.05) is 0 Å². The van der Waals surface area contributed by atoms with Crippen LogP contribution in [0.25, 0.3) is 0 Å². The van der Waals surface area contributed by atoms with Crippen LogP contribution in [0.5, 0.6) is 5.75 Å². The first-order valence-electron chi connectivity index (χ1n) is 4.06. The third-order valence-electron chi connectivity index (χ3n) is 1.44. The van der Waals surface area contributed by atoms with Gasteiger partial charge in [-0.25, -0.2) is 14.2 Å². The van der Waals surface area contributed by atoms with Gasteiger partial charge in [-0.1, -0.05) is 0 Å². The molecule has 0 bridgehead atoms. The molecule has 1 unspecified atom stereocenters. The Labute approximate surface area is 80.3 Å². The second kappa shape index (κ2) is 4.55. The molecule has 0 aliphatic rings. The van der Waals surface area contributed by atoms with E-state index in [2.05, 4.69) is 4.98 Å². The number of carboxylic acids is 1. The molecule has 0 aromatic carbocycles. The Bertz CT molecular complexity index is 310. The molecule has 1 aromatic rings. The molecule has 0 aliphatic carbocycles. The van der Waals surface area contributed by atoms with Crippen LogP contribution >= 0.6 is 0 Å². The van der Waals surface area contributed by atoms with Crippen molar-refractivity contribution in [3.05, 3.63) is 24.0 Å². The van der Waals surface area contributed by atoms with Crippen LogP contribution in [0.15, 0.2) is 18.3 Å². The van der Waals surface area contributed by atoms with E-state index < -0.39 is 12.1 Å². The van der Waals surface area contributed by atoms with Crippen molar-refractivity contribution in [2.45, 2.75) is 13.1 Å². The fraction of sp³-hybridized carbons (Fsp3) is 0.333. The van der Waals surface area contributed by atoms with Gasteiger partial charge in [-0.05, 0) is 19.1 Å². The maximum atomic E-state index is 12.4. The molecule has 0 aliphatic heterocycles. The Kier molecular flexibility index (Phi) is 3.39. The third kappa shape index (κ3) is 3.01. The third-order valence-corrected chi connectivity index (χ3v) is 1.44. The highest BCUT2D eigenvalue weighted by Gasteiger charge is 2.04. The van der Waals surface area contributed by atoms with Crippen LogP contribution in [0.1, 0.15) is 17.4 Å². The predicted octanol–water partition coefficient (Wildman–Crippen LogP) is 1.52. The average molecular weight is 199 g/mol. The predicted molar refractivity (Wildman–Crippen MR) is 47.3 cm³/mol. The van der Waals surface area contributed by atoms with E-state index in [1.54, 1.807) is 0 Å². The topological polar surface area (TPSA) is 59.4 Å². The van der Waals surface area contributed by atoms with E-state index in [4.69, 9.17) is 9.84 Å². The van der Waals surface area contributed by atoms with Gasteiger partial charge >= 0.3 is 5.97 Å².